The maximum atomic E-state index is 13.5. The zero-order valence-corrected chi connectivity index (χ0v) is 34.0. The maximum absolute atomic E-state index is 13.5. The van der Waals surface area contributed by atoms with Gasteiger partial charge in [0.25, 0.3) is 0 Å². The average Bonchev–Trinajstić information content (AvgIpc) is 4.06. The molecule has 5 heterocycles. The highest BCUT2D eigenvalue weighted by Gasteiger charge is 2.37. The van der Waals surface area contributed by atoms with Crippen molar-refractivity contribution in [3.8, 4) is 33.8 Å². The van der Waals surface area contributed by atoms with Crippen LogP contribution >= 0.6 is 0 Å². The van der Waals surface area contributed by atoms with Crippen LogP contribution in [-0.4, -0.2) is 92.1 Å². The number of pyridine rings is 1. The van der Waals surface area contributed by atoms with E-state index in [0.717, 1.165) is 88.6 Å². The molecule has 15 nitrogen and oxygen atoms in total. The molecule has 4 amide bonds. The number of fused-ring (bicyclic) bond motifs is 1. The minimum Gasteiger partial charge on any atom is -0.453 e. The topological polar surface area (TPSA) is 202 Å². The van der Waals surface area contributed by atoms with Crippen LogP contribution in [0.1, 0.15) is 83.5 Å². The first-order valence-corrected chi connectivity index (χ1v) is 19.8. The summed E-state index contributed by atoms with van der Waals surface area (Å²) in [4.78, 5) is 72.8. The minimum atomic E-state index is -0.745. The summed E-state index contributed by atoms with van der Waals surface area (Å²) in [6.45, 7) is 9.35. The Labute approximate surface area is 338 Å². The van der Waals surface area contributed by atoms with Gasteiger partial charge in [-0.05, 0) is 61.3 Å². The first kappa shape index (κ1) is 41.4. The number of alkyl carbamates (subject to hydrolysis) is 1. The Balaban J connectivity index is 0.00000107. The first-order valence-electron chi connectivity index (χ1n) is 19.8. The molecule has 2 aliphatic rings. The Morgan fingerprint density at radius 1 is 0.793 bits per heavy atom. The van der Waals surface area contributed by atoms with Gasteiger partial charge in [0.1, 0.15) is 17.7 Å². The summed E-state index contributed by atoms with van der Waals surface area (Å²) in [5, 5.41) is 3.70. The lowest BCUT2D eigenvalue weighted by atomic mass is 10.0. The number of aromatic nitrogens is 5. The van der Waals surface area contributed by atoms with Gasteiger partial charge in [-0.3, -0.25) is 9.59 Å². The van der Waals surface area contributed by atoms with Crippen LogP contribution in [0.3, 0.4) is 0 Å². The zero-order valence-electron chi connectivity index (χ0n) is 34.0. The molecule has 3 atom stereocenters. The lowest BCUT2D eigenvalue weighted by Gasteiger charge is -2.30. The second-order valence-corrected chi connectivity index (χ2v) is 15.5. The van der Waals surface area contributed by atoms with Crippen molar-refractivity contribution in [3.63, 3.8) is 0 Å². The number of rotatable bonds is 10. The van der Waals surface area contributed by atoms with Gasteiger partial charge in [0.2, 0.25) is 11.8 Å². The Hall–Kier alpha value is -6.25. The van der Waals surface area contributed by atoms with Crippen LogP contribution < -0.4 is 11.1 Å². The van der Waals surface area contributed by atoms with E-state index < -0.39 is 18.2 Å². The summed E-state index contributed by atoms with van der Waals surface area (Å²) in [5.41, 5.74) is 11.0. The van der Waals surface area contributed by atoms with Gasteiger partial charge >= 0.3 is 12.2 Å². The second kappa shape index (κ2) is 18.3. The van der Waals surface area contributed by atoms with Crippen molar-refractivity contribution in [3.05, 3.63) is 78.6 Å². The molecule has 2 aliphatic heterocycles. The number of nitrogens with two attached hydrogens (primary N) is 1. The first-order chi connectivity index (χ1) is 27.9. The quantitative estimate of drug-likeness (QED) is 0.113. The van der Waals surface area contributed by atoms with E-state index in [1.807, 2.05) is 54.2 Å². The zero-order chi connectivity index (χ0) is 41.5. The Morgan fingerprint density at radius 3 is 1.95 bits per heavy atom. The van der Waals surface area contributed by atoms with Gasteiger partial charge in [0, 0.05) is 36.0 Å². The number of aromatic amines is 2. The van der Waals surface area contributed by atoms with Gasteiger partial charge in [-0.15, -0.1) is 0 Å². The highest BCUT2D eigenvalue weighted by molar-refractivity contribution is 5.87. The molecule has 0 unspecified atom stereocenters. The predicted octanol–water partition coefficient (Wildman–Crippen LogP) is 7.15. The molecule has 0 aliphatic carbocycles. The maximum Gasteiger partial charge on any atom is 0.407 e. The molecular formula is C43H53N9O6. The summed E-state index contributed by atoms with van der Waals surface area (Å²) >= 11 is 0. The summed E-state index contributed by atoms with van der Waals surface area (Å²) in [7, 11) is 2.52. The number of hydrogen-bond acceptors (Lipinski definition) is 9. The number of H-pyrrole nitrogens is 2. The molecule has 0 spiro atoms. The van der Waals surface area contributed by atoms with Crippen molar-refractivity contribution >= 4 is 34.9 Å². The molecule has 0 radical (unpaired) electrons. The van der Waals surface area contributed by atoms with Crippen molar-refractivity contribution < 1.29 is 28.7 Å². The molecule has 2 aromatic carbocycles. The number of primary amides is 1. The Bertz CT molecular complexity index is 2230. The van der Waals surface area contributed by atoms with E-state index in [4.69, 9.17) is 14.7 Å². The van der Waals surface area contributed by atoms with E-state index in [0.29, 0.717) is 18.9 Å². The van der Waals surface area contributed by atoms with Gasteiger partial charge in [-0.2, -0.15) is 0 Å². The van der Waals surface area contributed by atoms with Crippen molar-refractivity contribution in [2.75, 3.05) is 27.3 Å². The molecular weight excluding hydrogens is 739 g/mol. The average molecular weight is 792 g/mol. The van der Waals surface area contributed by atoms with Crippen molar-refractivity contribution in [2.45, 2.75) is 77.9 Å². The van der Waals surface area contributed by atoms with Crippen LogP contribution in [0.25, 0.3) is 44.7 Å². The standard InChI is InChI=1S/C41H48N8O4.C2H5NO2/c1-24(2)20-36(50)48-18-6-8-34(48)38-42-22-32(45-38)27-12-10-26(11-13-27)30-16-14-28-21-29(15-17-31(28)44-30)33-23-43-39(46-33)35-9-7-19-49(35)40(51)37(25(3)4)47-41(52)53-5;1-5-2(3)4/h10-17,21-25,34-35,37H,6-9,18-20H2,1-5H3,(H,42,45)(H,43,46)(H,47,52);1H3,(H2,3,4)/t34-,35-,37-;/m0./s1. The lowest BCUT2D eigenvalue weighted by molar-refractivity contribution is -0.135. The van der Waals surface area contributed by atoms with Crippen molar-refractivity contribution in [1.82, 2.24) is 40.0 Å². The number of amides is 4. The third-order valence-corrected chi connectivity index (χ3v) is 10.6. The van der Waals surface area contributed by atoms with Gasteiger partial charge in [0.05, 0.1) is 61.3 Å². The number of carbonyl (C=O) groups is 4. The number of nitrogens with one attached hydrogen (secondary N) is 3. The van der Waals surface area contributed by atoms with E-state index in [1.54, 1.807) is 0 Å². The Morgan fingerprint density at radius 2 is 1.36 bits per heavy atom. The van der Waals surface area contributed by atoms with E-state index in [1.165, 1.54) is 14.2 Å². The highest BCUT2D eigenvalue weighted by Crippen LogP contribution is 2.35. The third kappa shape index (κ3) is 9.47. The number of imidazole rings is 2. The SMILES string of the molecule is COC(=O)N[C@H](C(=O)N1CCC[C@H]1c1ncc(-c2ccc3nc(-c4ccc(-c5cnc([C@@H]6CCCN6C(=O)CC(C)C)[nH]5)cc4)ccc3c2)[nH]1)C(C)C.COC(N)=O. The molecule has 15 heteroatoms. The van der Waals surface area contributed by atoms with Gasteiger partial charge in [-0.25, -0.2) is 24.5 Å². The summed E-state index contributed by atoms with van der Waals surface area (Å²) < 4.78 is 8.65. The van der Waals surface area contributed by atoms with Crippen LogP contribution in [0.4, 0.5) is 9.59 Å². The van der Waals surface area contributed by atoms with E-state index in [9.17, 15) is 19.2 Å². The summed E-state index contributed by atoms with van der Waals surface area (Å²) in [5.74, 6) is 1.88. The molecule has 7 rings (SSSR count). The molecule has 3 aromatic heterocycles. The molecule has 306 valence electrons. The number of likely N-dealkylation sites (tertiary alicyclic amines) is 2. The molecule has 0 bridgehead atoms. The van der Waals surface area contributed by atoms with E-state index in [2.05, 4.69) is 81.0 Å². The fourth-order valence-corrected chi connectivity index (χ4v) is 7.59. The summed E-state index contributed by atoms with van der Waals surface area (Å²) in [6.07, 6.45) is 6.42. The highest BCUT2D eigenvalue weighted by atomic mass is 16.5. The fourth-order valence-electron chi connectivity index (χ4n) is 7.59. The molecule has 58 heavy (non-hydrogen) atoms. The van der Waals surface area contributed by atoms with Crippen molar-refractivity contribution in [1.29, 1.82) is 0 Å². The molecule has 0 saturated carbocycles. The van der Waals surface area contributed by atoms with Crippen molar-refractivity contribution in [2.24, 2.45) is 17.6 Å². The van der Waals surface area contributed by atoms with E-state index in [-0.39, 0.29) is 29.8 Å². The number of benzene rings is 2. The van der Waals surface area contributed by atoms with Crippen LogP contribution in [-0.2, 0) is 19.1 Å². The van der Waals surface area contributed by atoms with Crippen LogP contribution in [0.2, 0.25) is 0 Å². The number of nitrogens with zero attached hydrogens (tertiary/aromatic N) is 5. The number of carbonyl (C=O) groups excluding carboxylic acids is 4. The number of ether oxygens (including phenoxy) is 2. The normalized spacial score (nSPS) is 17.0. The number of hydrogen-bond donors (Lipinski definition) is 4. The second-order valence-electron chi connectivity index (χ2n) is 15.5. The third-order valence-electron chi connectivity index (χ3n) is 10.6. The monoisotopic (exact) mass is 791 g/mol. The molecule has 5 aromatic rings. The van der Waals surface area contributed by atoms with E-state index >= 15 is 0 Å². The lowest BCUT2D eigenvalue weighted by Crippen LogP contribution is -2.51. The van der Waals surface area contributed by atoms with Crippen LogP contribution in [0.5, 0.6) is 0 Å². The Kier molecular flexibility index (Phi) is 13.1. The summed E-state index contributed by atoms with van der Waals surface area (Å²) in [6, 6.07) is 17.7. The predicted molar refractivity (Wildman–Crippen MR) is 220 cm³/mol. The van der Waals surface area contributed by atoms with Crippen LogP contribution in [0, 0.1) is 11.8 Å². The molecule has 2 saturated heterocycles. The van der Waals surface area contributed by atoms with Crippen LogP contribution in [0.15, 0.2) is 67.0 Å². The van der Waals surface area contributed by atoms with Gasteiger partial charge in [0.15, 0.2) is 0 Å². The number of methoxy groups -OCH3 is 2. The fraction of sp³-hybridized carbons (Fsp3) is 0.419. The smallest absolute Gasteiger partial charge is 0.407 e. The largest absolute Gasteiger partial charge is 0.453 e. The minimum absolute atomic E-state index is 0.00100. The van der Waals surface area contributed by atoms with Gasteiger partial charge < -0.3 is 40.3 Å². The molecule has 5 N–H and O–H groups in total. The molecule has 2 fully saturated rings. The van der Waals surface area contributed by atoms with Gasteiger partial charge in [-0.1, -0.05) is 64.1 Å².